The highest BCUT2D eigenvalue weighted by Gasteiger charge is 2.57. The fourth-order valence-electron chi connectivity index (χ4n) is 4.49. The van der Waals surface area contributed by atoms with Gasteiger partial charge in [0.2, 0.25) is 0 Å². The highest BCUT2D eigenvalue weighted by molar-refractivity contribution is 5.10. The van der Waals surface area contributed by atoms with Crippen molar-refractivity contribution in [2.24, 2.45) is 17.8 Å². The van der Waals surface area contributed by atoms with Gasteiger partial charge in [0.25, 0.3) is 0 Å². The Morgan fingerprint density at radius 1 is 0.923 bits per heavy atom. The lowest BCUT2D eigenvalue weighted by Crippen LogP contribution is -2.63. The molecule has 0 aromatic rings. The van der Waals surface area contributed by atoms with Gasteiger partial charge in [0, 0.05) is 18.6 Å². The molecule has 0 aromatic heterocycles. The lowest BCUT2D eigenvalue weighted by atomic mass is 9.73. The summed E-state index contributed by atoms with van der Waals surface area (Å²) in [5, 5.41) is 0. The quantitative estimate of drug-likeness (QED) is 0.594. The van der Waals surface area contributed by atoms with Crippen molar-refractivity contribution in [3.8, 4) is 0 Å². The van der Waals surface area contributed by atoms with Crippen LogP contribution < -0.4 is 0 Å². The van der Waals surface area contributed by atoms with Crippen LogP contribution in [-0.2, 0) is 0 Å². The fraction of sp³-hybridized carbons (Fsp3) is 1.00. The molecule has 72 valence electrons. The molecule has 13 heavy (non-hydrogen) atoms. The van der Waals surface area contributed by atoms with Crippen LogP contribution in [0.3, 0.4) is 0 Å². The molecule has 4 aliphatic rings. The molecule has 1 saturated heterocycles. The third-order valence-electron chi connectivity index (χ3n) is 5.39. The van der Waals surface area contributed by atoms with E-state index in [2.05, 4.69) is 4.90 Å². The van der Waals surface area contributed by atoms with Crippen LogP contribution in [0.5, 0.6) is 0 Å². The predicted octanol–water partition coefficient (Wildman–Crippen LogP) is 2.27. The van der Waals surface area contributed by atoms with Crippen LogP contribution in [0.4, 0.5) is 0 Å². The molecule has 1 heteroatoms. The second-order valence-electron chi connectivity index (χ2n) is 5.77. The first-order chi connectivity index (χ1) is 6.43. The van der Waals surface area contributed by atoms with E-state index in [9.17, 15) is 0 Å². The van der Waals surface area contributed by atoms with Gasteiger partial charge in [-0.15, -0.1) is 0 Å². The zero-order valence-electron chi connectivity index (χ0n) is 8.28. The molecule has 2 bridgehead atoms. The molecule has 0 radical (unpaired) electrons. The van der Waals surface area contributed by atoms with Crippen LogP contribution in [0.2, 0.25) is 0 Å². The number of hydrogen-bond donors (Lipinski definition) is 0. The van der Waals surface area contributed by atoms with E-state index >= 15 is 0 Å². The van der Waals surface area contributed by atoms with E-state index in [1.165, 1.54) is 25.8 Å². The van der Waals surface area contributed by atoms with Crippen LogP contribution in [0.1, 0.15) is 38.5 Å². The summed E-state index contributed by atoms with van der Waals surface area (Å²) >= 11 is 0. The maximum absolute atomic E-state index is 2.87. The van der Waals surface area contributed by atoms with Gasteiger partial charge in [0.15, 0.2) is 0 Å². The van der Waals surface area contributed by atoms with Gasteiger partial charge >= 0.3 is 0 Å². The molecule has 4 atom stereocenters. The Balaban J connectivity index is 1.54. The van der Waals surface area contributed by atoms with Gasteiger partial charge in [-0.2, -0.15) is 0 Å². The van der Waals surface area contributed by atoms with E-state index in [-0.39, 0.29) is 0 Å². The van der Waals surface area contributed by atoms with Crippen molar-refractivity contribution in [1.82, 2.24) is 4.90 Å². The fourth-order valence-corrected chi connectivity index (χ4v) is 4.49. The molecule has 0 spiro atoms. The second-order valence-corrected chi connectivity index (χ2v) is 5.77. The van der Waals surface area contributed by atoms with Crippen molar-refractivity contribution in [2.75, 3.05) is 6.54 Å². The molecule has 0 amide bonds. The van der Waals surface area contributed by atoms with E-state index in [1.54, 1.807) is 19.3 Å². The summed E-state index contributed by atoms with van der Waals surface area (Å²) in [7, 11) is 0. The first-order valence-electron chi connectivity index (χ1n) is 6.19. The minimum atomic E-state index is 1.03. The van der Waals surface area contributed by atoms with E-state index in [0.717, 1.165) is 29.8 Å². The van der Waals surface area contributed by atoms with Crippen molar-refractivity contribution in [1.29, 1.82) is 0 Å². The van der Waals surface area contributed by atoms with Gasteiger partial charge in [-0.05, 0) is 49.9 Å². The molecule has 3 aliphatic carbocycles. The molecular weight excluding hydrogens is 158 g/mol. The maximum Gasteiger partial charge on any atom is 0.0170 e. The van der Waals surface area contributed by atoms with Crippen LogP contribution in [0, 0.1) is 17.8 Å². The van der Waals surface area contributed by atoms with Crippen molar-refractivity contribution >= 4 is 0 Å². The Bertz CT molecular complexity index is 231. The largest absolute Gasteiger partial charge is 0.296 e. The number of hydrogen-bond acceptors (Lipinski definition) is 1. The summed E-state index contributed by atoms with van der Waals surface area (Å²) in [5.74, 6) is 3.44. The lowest BCUT2D eigenvalue weighted by molar-refractivity contribution is -0.0744. The van der Waals surface area contributed by atoms with Crippen molar-refractivity contribution in [2.45, 2.75) is 50.6 Å². The number of likely N-dealkylation sites (tertiary alicyclic amines) is 1. The zero-order chi connectivity index (χ0) is 8.41. The normalized spacial score (nSPS) is 54.5. The van der Waals surface area contributed by atoms with Crippen molar-refractivity contribution < 1.29 is 0 Å². The number of rotatable bonds is 1. The molecule has 0 aromatic carbocycles. The third kappa shape index (κ3) is 0.782. The van der Waals surface area contributed by atoms with E-state index in [4.69, 9.17) is 0 Å². The molecule has 3 saturated carbocycles. The summed E-state index contributed by atoms with van der Waals surface area (Å²) < 4.78 is 0. The van der Waals surface area contributed by atoms with Gasteiger partial charge in [-0.3, -0.25) is 4.90 Å². The Labute approximate surface area is 80.5 Å². The molecular formula is C12H19N. The van der Waals surface area contributed by atoms with Gasteiger partial charge in [-0.25, -0.2) is 0 Å². The second kappa shape index (κ2) is 2.31. The SMILES string of the molecule is C1CC(N2CC3C4CCC(C4)C32)C1. The smallest absolute Gasteiger partial charge is 0.0170 e. The first-order valence-corrected chi connectivity index (χ1v) is 6.19. The van der Waals surface area contributed by atoms with Crippen molar-refractivity contribution in [3.63, 3.8) is 0 Å². The Morgan fingerprint density at radius 2 is 1.77 bits per heavy atom. The monoisotopic (exact) mass is 177 g/mol. The van der Waals surface area contributed by atoms with Gasteiger partial charge < -0.3 is 0 Å². The summed E-state index contributed by atoms with van der Waals surface area (Å²) in [4.78, 5) is 2.87. The van der Waals surface area contributed by atoms with Crippen LogP contribution in [0.15, 0.2) is 0 Å². The van der Waals surface area contributed by atoms with Gasteiger partial charge in [0.1, 0.15) is 0 Å². The molecule has 4 unspecified atom stereocenters. The molecule has 1 heterocycles. The zero-order valence-corrected chi connectivity index (χ0v) is 8.28. The molecule has 0 N–H and O–H groups in total. The number of fused-ring (bicyclic) bond motifs is 5. The molecule has 1 nitrogen and oxygen atoms in total. The Kier molecular flexibility index (Phi) is 1.29. The minimum absolute atomic E-state index is 1.03. The van der Waals surface area contributed by atoms with Crippen LogP contribution in [0.25, 0.3) is 0 Å². The maximum atomic E-state index is 2.87. The summed E-state index contributed by atoms with van der Waals surface area (Å²) in [6.45, 7) is 1.48. The predicted molar refractivity (Wildman–Crippen MR) is 52.5 cm³/mol. The molecule has 4 rings (SSSR count). The standard InChI is InChI=1S/C12H19N/c1-2-10(3-1)13-7-11-8-4-5-9(6-8)12(11)13/h8-12H,1-7H2. The van der Waals surface area contributed by atoms with E-state index in [0.29, 0.717) is 0 Å². The Hall–Kier alpha value is -0.0400. The van der Waals surface area contributed by atoms with Gasteiger partial charge in [-0.1, -0.05) is 6.42 Å². The highest BCUT2D eigenvalue weighted by atomic mass is 15.3. The van der Waals surface area contributed by atoms with Gasteiger partial charge in [0.05, 0.1) is 0 Å². The lowest BCUT2D eigenvalue weighted by Gasteiger charge is -2.56. The van der Waals surface area contributed by atoms with Crippen molar-refractivity contribution in [3.05, 3.63) is 0 Å². The van der Waals surface area contributed by atoms with E-state index in [1.807, 2.05) is 0 Å². The van der Waals surface area contributed by atoms with E-state index < -0.39 is 0 Å². The molecule has 4 fully saturated rings. The minimum Gasteiger partial charge on any atom is -0.296 e. The summed E-state index contributed by atoms with van der Waals surface area (Å²) in [6, 6.07) is 2.10. The topological polar surface area (TPSA) is 3.24 Å². The molecule has 1 aliphatic heterocycles. The highest BCUT2D eigenvalue weighted by Crippen LogP contribution is 2.57. The summed E-state index contributed by atoms with van der Waals surface area (Å²) in [6.07, 6.45) is 9.27. The van der Waals surface area contributed by atoms with Crippen LogP contribution in [-0.4, -0.2) is 23.5 Å². The number of nitrogens with zero attached hydrogens (tertiary/aromatic N) is 1. The van der Waals surface area contributed by atoms with Crippen LogP contribution >= 0.6 is 0 Å². The first kappa shape index (κ1) is 7.28. The summed E-state index contributed by atoms with van der Waals surface area (Å²) in [5.41, 5.74) is 0. The third-order valence-corrected chi connectivity index (χ3v) is 5.39. The average molecular weight is 177 g/mol. The Morgan fingerprint density at radius 3 is 2.46 bits per heavy atom. The average Bonchev–Trinajstić information content (AvgIpc) is 2.50.